The number of rotatable bonds is 2. The molecule has 0 aliphatic carbocycles. The minimum atomic E-state index is -0.264. The molecule has 0 bridgehead atoms. The number of thioether (sulfide) groups is 1. The second-order valence-corrected chi connectivity index (χ2v) is 5.89. The lowest BCUT2D eigenvalue weighted by molar-refractivity contribution is 0.597. The first kappa shape index (κ1) is 12.0. The van der Waals surface area contributed by atoms with Crippen LogP contribution in [0.3, 0.4) is 0 Å². The molecule has 0 spiro atoms. The summed E-state index contributed by atoms with van der Waals surface area (Å²) >= 11 is 1.70. The molecule has 0 unspecified atom stereocenters. The van der Waals surface area contributed by atoms with Gasteiger partial charge in [-0.15, -0.1) is 0 Å². The Labute approximate surface area is 120 Å². The monoisotopic (exact) mass is 288 g/mol. The minimum Gasteiger partial charge on any atom is -0.464 e. The molecule has 0 saturated carbocycles. The number of amidine groups is 1. The Morgan fingerprint density at radius 2 is 2.35 bits per heavy atom. The van der Waals surface area contributed by atoms with Crippen molar-refractivity contribution in [1.82, 2.24) is 4.90 Å². The minimum absolute atomic E-state index is 0.264. The molecule has 102 valence electrons. The van der Waals surface area contributed by atoms with Gasteiger partial charge >= 0.3 is 0 Å². The number of aliphatic imine (C=N–C) groups is 1. The van der Waals surface area contributed by atoms with Crippen LogP contribution < -0.4 is 0 Å². The number of benzene rings is 1. The molecule has 0 fully saturated rings. The summed E-state index contributed by atoms with van der Waals surface area (Å²) in [5, 5.41) is 2.00. The van der Waals surface area contributed by atoms with Crippen LogP contribution in [-0.4, -0.2) is 23.2 Å². The molecular weight excluding hydrogens is 275 g/mol. The van der Waals surface area contributed by atoms with Gasteiger partial charge in [-0.2, -0.15) is 0 Å². The number of hydrogen-bond acceptors (Lipinski definition) is 4. The number of fused-ring (bicyclic) bond motifs is 2. The Morgan fingerprint density at radius 1 is 1.45 bits per heavy atom. The van der Waals surface area contributed by atoms with Crippen LogP contribution in [0.15, 0.2) is 38.8 Å². The zero-order chi connectivity index (χ0) is 13.7. The van der Waals surface area contributed by atoms with Gasteiger partial charge in [-0.1, -0.05) is 18.7 Å². The maximum Gasteiger partial charge on any atom is 0.168 e. The first-order valence-corrected chi connectivity index (χ1v) is 7.49. The first-order valence-electron chi connectivity index (χ1n) is 6.68. The van der Waals surface area contributed by atoms with Gasteiger partial charge in [-0.3, -0.25) is 4.99 Å². The highest BCUT2D eigenvalue weighted by atomic mass is 32.2. The van der Waals surface area contributed by atoms with Gasteiger partial charge in [0.05, 0.1) is 18.5 Å². The van der Waals surface area contributed by atoms with Crippen LogP contribution in [0.4, 0.5) is 4.39 Å². The van der Waals surface area contributed by atoms with Crippen molar-refractivity contribution in [3.05, 3.63) is 40.7 Å². The lowest BCUT2D eigenvalue weighted by Crippen LogP contribution is -2.20. The Kier molecular flexibility index (Phi) is 2.63. The van der Waals surface area contributed by atoms with E-state index in [0.717, 1.165) is 41.3 Å². The number of hydrogen-bond donors (Lipinski definition) is 0. The van der Waals surface area contributed by atoms with Crippen molar-refractivity contribution >= 4 is 33.6 Å². The third kappa shape index (κ3) is 1.62. The van der Waals surface area contributed by atoms with Crippen LogP contribution in [0.5, 0.6) is 0 Å². The van der Waals surface area contributed by atoms with Crippen molar-refractivity contribution in [3.63, 3.8) is 0 Å². The summed E-state index contributed by atoms with van der Waals surface area (Å²) in [5.41, 5.74) is 2.60. The summed E-state index contributed by atoms with van der Waals surface area (Å²) in [4.78, 5) is 7.95. The normalized spacial score (nSPS) is 18.1. The summed E-state index contributed by atoms with van der Waals surface area (Å²) in [6.07, 6.45) is 2.53. The van der Waals surface area contributed by atoms with Crippen molar-refractivity contribution in [2.75, 3.05) is 13.1 Å². The summed E-state index contributed by atoms with van der Waals surface area (Å²) in [5.74, 6) is -0.264. The van der Waals surface area contributed by atoms with Crippen molar-refractivity contribution in [2.24, 2.45) is 4.99 Å². The number of nitrogens with zero attached hydrogens (tertiary/aromatic N) is 2. The fraction of sp³-hybridized carbons (Fsp3) is 0.267. The van der Waals surface area contributed by atoms with Gasteiger partial charge in [-0.05, 0) is 18.6 Å². The van der Waals surface area contributed by atoms with Crippen LogP contribution in [-0.2, 0) is 0 Å². The van der Waals surface area contributed by atoms with Gasteiger partial charge in [-0.25, -0.2) is 4.39 Å². The highest BCUT2D eigenvalue weighted by Crippen LogP contribution is 2.44. The van der Waals surface area contributed by atoms with Crippen molar-refractivity contribution < 1.29 is 8.81 Å². The van der Waals surface area contributed by atoms with E-state index < -0.39 is 0 Å². The molecule has 2 aromatic rings. The molecule has 0 atom stereocenters. The van der Waals surface area contributed by atoms with Gasteiger partial charge in [0.1, 0.15) is 11.4 Å². The third-order valence-electron chi connectivity index (χ3n) is 3.66. The molecule has 2 aliphatic rings. The molecule has 5 heteroatoms. The third-order valence-corrected chi connectivity index (χ3v) is 4.92. The Morgan fingerprint density at radius 3 is 3.20 bits per heavy atom. The summed E-state index contributed by atoms with van der Waals surface area (Å²) in [6, 6.07) is 4.94. The predicted molar refractivity (Wildman–Crippen MR) is 80.0 cm³/mol. The van der Waals surface area contributed by atoms with Crippen molar-refractivity contribution in [1.29, 1.82) is 0 Å². The summed E-state index contributed by atoms with van der Waals surface area (Å²) in [7, 11) is 0. The lowest BCUT2D eigenvalue weighted by Gasteiger charge is -2.18. The van der Waals surface area contributed by atoms with Crippen LogP contribution in [0.25, 0.3) is 16.7 Å². The van der Waals surface area contributed by atoms with E-state index in [1.54, 1.807) is 24.1 Å². The quantitative estimate of drug-likeness (QED) is 0.834. The fourth-order valence-electron chi connectivity index (χ4n) is 2.80. The Bertz CT molecular complexity index is 762. The molecule has 4 rings (SSSR count). The second kappa shape index (κ2) is 4.38. The van der Waals surface area contributed by atoms with Crippen LogP contribution in [0.1, 0.15) is 18.9 Å². The highest BCUT2D eigenvalue weighted by Gasteiger charge is 2.33. The summed E-state index contributed by atoms with van der Waals surface area (Å²) in [6.45, 7) is 3.81. The average Bonchev–Trinajstić information content (AvgIpc) is 3.11. The van der Waals surface area contributed by atoms with E-state index in [1.807, 2.05) is 6.07 Å². The largest absolute Gasteiger partial charge is 0.464 e. The van der Waals surface area contributed by atoms with Gasteiger partial charge in [0.25, 0.3) is 0 Å². The molecule has 3 nitrogen and oxygen atoms in total. The lowest BCUT2D eigenvalue weighted by atomic mass is 10.0. The Balaban J connectivity index is 1.97. The molecule has 0 saturated heterocycles. The van der Waals surface area contributed by atoms with Gasteiger partial charge < -0.3 is 9.32 Å². The zero-order valence-electron chi connectivity index (χ0n) is 11.0. The fourth-order valence-corrected chi connectivity index (χ4v) is 3.93. The summed E-state index contributed by atoms with van der Waals surface area (Å²) < 4.78 is 19.2. The first-order chi connectivity index (χ1) is 9.78. The van der Waals surface area contributed by atoms with Crippen LogP contribution >= 0.6 is 11.8 Å². The van der Waals surface area contributed by atoms with Gasteiger partial charge in [0, 0.05) is 28.5 Å². The zero-order valence-corrected chi connectivity index (χ0v) is 11.8. The average molecular weight is 288 g/mol. The van der Waals surface area contributed by atoms with E-state index in [0.29, 0.717) is 5.58 Å². The maximum atomic E-state index is 13.9. The van der Waals surface area contributed by atoms with Crippen molar-refractivity contribution in [3.8, 4) is 0 Å². The van der Waals surface area contributed by atoms with Gasteiger partial charge in [0.2, 0.25) is 0 Å². The molecule has 2 aliphatic heterocycles. The van der Waals surface area contributed by atoms with E-state index in [2.05, 4.69) is 16.8 Å². The molecule has 0 N–H and O–H groups in total. The SMILES string of the molecule is CCC1=C(c2cc(F)cc3occc23)N2CCN=C2S1. The number of halogens is 1. The van der Waals surface area contributed by atoms with E-state index in [1.165, 1.54) is 11.0 Å². The van der Waals surface area contributed by atoms with E-state index in [-0.39, 0.29) is 5.82 Å². The highest BCUT2D eigenvalue weighted by molar-refractivity contribution is 8.17. The topological polar surface area (TPSA) is 28.7 Å². The molecule has 20 heavy (non-hydrogen) atoms. The standard InChI is InChI=1S/C15H13FN2OS/c1-2-13-14(18-5-4-17-15(18)20-13)11-7-9(16)8-12-10(11)3-6-19-12/h3,6-8H,2,4-5H2,1H3. The molecule has 0 amide bonds. The maximum absolute atomic E-state index is 13.9. The molecular formula is C15H13FN2OS. The van der Waals surface area contributed by atoms with E-state index in [4.69, 9.17) is 4.42 Å². The second-order valence-electron chi connectivity index (χ2n) is 4.83. The van der Waals surface area contributed by atoms with E-state index >= 15 is 0 Å². The molecule has 0 radical (unpaired) electrons. The van der Waals surface area contributed by atoms with E-state index in [9.17, 15) is 4.39 Å². The predicted octanol–water partition coefficient (Wildman–Crippen LogP) is 4.07. The number of furan rings is 1. The van der Waals surface area contributed by atoms with Crippen LogP contribution in [0, 0.1) is 5.82 Å². The Hall–Kier alpha value is -1.75. The molecule has 3 heterocycles. The van der Waals surface area contributed by atoms with Crippen molar-refractivity contribution in [2.45, 2.75) is 13.3 Å². The smallest absolute Gasteiger partial charge is 0.168 e. The van der Waals surface area contributed by atoms with Crippen LogP contribution in [0.2, 0.25) is 0 Å². The molecule has 1 aromatic heterocycles. The van der Waals surface area contributed by atoms with Gasteiger partial charge in [0.15, 0.2) is 5.17 Å². The number of allylic oxidation sites excluding steroid dienone is 1. The molecule has 1 aromatic carbocycles.